The lowest BCUT2D eigenvalue weighted by Gasteiger charge is -2.26. The van der Waals surface area contributed by atoms with Crippen LogP contribution in [0.2, 0.25) is 0 Å². The van der Waals surface area contributed by atoms with Crippen molar-refractivity contribution in [1.29, 1.82) is 0 Å². The first-order chi connectivity index (χ1) is 10.6. The Labute approximate surface area is 137 Å². The van der Waals surface area contributed by atoms with Gasteiger partial charge in [0.25, 0.3) is 0 Å². The van der Waals surface area contributed by atoms with Gasteiger partial charge in [-0.2, -0.15) is 4.39 Å². The fraction of sp³-hybridized carbons (Fsp3) is 0.400. The lowest BCUT2D eigenvalue weighted by atomic mass is 9.79. The Balaban J connectivity index is 0.00000192. The van der Waals surface area contributed by atoms with Gasteiger partial charge in [0.2, 0.25) is 5.82 Å². The summed E-state index contributed by atoms with van der Waals surface area (Å²) < 4.78 is 27.4. The number of benzene rings is 2. The minimum atomic E-state index is -1.19. The van der Waals surface area contributed by atoms with E-state index in [1.54, 1.807) is 0 Å². The van der Waals surface area contributed by atoms with Crippen molar-refractivity contribution in [3.8, 4) is 16.9 Å². The van der Waals surface area contributed by atoms with E-state index in [0.29, 0.717) is 11.5 Å². The average Bonchev–Trinajstić information content (AvgIpc) is 2.54. The first kappa shape index (κ1) is 17.5. The molecule has 1 nitrogen and oxygen atoms in total. The van der Waals surface area contributed by atoms with Gasteiger partial charge >= 0.3 is 0 Å². The number of hydrogen-bond donors (Lipinski definition) is 1. The SMILES string of the molecule is C.CC1CCC(c2ccc(-c3ccc(O)c(F)c3F)cc2)CC1. The van der Waals surface area contributed by atoms with Gasteiger partial charge in [0.1, 0.15) is 0 Å². The fourth-order valence-electron chi connectivity index (χ4n) is 3.29. The topological polar surface area (TPSA) is 20.2 Å². The summed E-state index contributed by atoms with van der Waals surface area (Å²) in [6.45, 7) is 2.29. The Hall–Kier alpha value is -1.90. The number of phenols is 1. The van der Waals surface area contributed by atoms with Crippen molar-refractivity contribution in [2.75, 3.05) is 0 Å². The molecule has 1 saturated carbocycles. The van der Waals surface area contributed by atoms with Crippen molar-refractivity contribution < 1.29 is 13.9 Å². The van der Waals surface area contributed by atoms with E-state index >= 15 is 0 Å². The van der Waals surface area contributed by atoms with Gasteiger partial charge in [-0.05, 0) is 47.9 Å². The molecule has 0 atom stereocenters. The van der Waals surface area contributed by atoms with Gasteiger partial charge in [0.05, 0.1) is 0 Å². The Morgan fingerprint density at radius 1 is 0.870 bits per heavy atom. The quantitative estimate of drug-likeness (QED) is 0.692. The van der Waals surface area contributed by atoms with Crippen LogP contribution >= 0.6 is 0 Å². The molecule has 0 saturated heterocycles. The maximum absolute atomic E-state index is 13.9. The van der Waals surface area contributed by atoms with Gasteiger partial charge in [0, 0.05) is 5.56 Å². The summed E-state index contributed by atoms with van der Waals surface area (Å²) in [6.07, 6.45) is 4.90. The van der Waals surface area contributed by atoms with E-state index in [0.717, 1.165) is 5.92 Å². The van der Waals surface area contributed by atoms with E-state index < -0.39 is 17.4 Å². The van der Waals surface area contributed by atoms with Crippen LogP contribution in [0.5, 0.6) is 5.75 Å². The Morgan fingerprint density at radius 3 is 2.09 bits per heavy atom. The highest BCUT2D eigenvalue weighted by Gasteiger charge is 2.20. The molecular formula is C20H24F2O. The third-order valence-electron chi connectivity index (χ3n) is 4.77. The second-order valence-electron chi connectivity index (χ2n) is 6.34. The second-order valence-corrected chi connectivity index (χ2v) is 6.34. The molecule has 0 spiro atoms. The van der Waals surface area contributed by atoms with Gasteiger partial charge in [-0.25, -0.2) is 4.39 Å². The maximum atomic E-state index is 13.9. The molecule has 0 aliphatic heterocycles. The highest BCUT2D eigenvalue weighted by Crippen LogP contribution is 2.36. The lowest BCUT2D eigenvalue weighted by molar-refractivity contribution is 0.348. The van der Waals surface area contributed by atoms with Crippen LogP contribution < -0.4 is 0 Å². The Bertz CT molecular complexity index is 656. The van der Waals surface area contributed by atoms with Crippen molar-refractivity contribution in [2.45, 2.75) is 46.0 Å². The summed E-state index contributed by atoms with van der Waals surface area (Å²) in [5.74, 6) is -1.47. The minimum absolute atomic E-state index is 0. The molecule has 0 aromatic heterocycles. The third kappa shape index (κ3) is 3.54. The van der Waals surface area contributed by atoms with E-state index in [1.165, 1.54) is 43.4 Å². The van der Waals surface area contributed by atoms with E-state index in [4.69, 9.17) is 0 Å². The van der Waals surface area contributed by atoms with Crippen LogP contribution in [-0.4, -0.2) is 5.11 Å². The molecule has 1 N–H and O–H groups in total. The number of aromatic hydroxyl groups is 1. The molecule has 0 bridgehead atoms. The zero-order valence-electron chi connectivity index (χ0n) is 12.7. The monoisotopic (exact) mass is 318 g/mol. The smallest absolute Gasteiger partial charge is 0.200 e. The molecule has 1 fully saturated rings. The van der Waals surface area contributed by atoms with Crippen molar-refractivity contribution >= 4 is 0 Å². The van der Waals surface area contributed by atoms with Gasteiger partial charge < -0.3 is 5.11 Å². The number of halogens is 2. The summed E-state index contributed by atoms with van der Waals surface area (Å²) >= 11 is 0. The number of hydrogen-bond acceptors (Lipinski definition) is 1. The van der Waals surface area contributed by atoms with Crippen molar-refractivity contribution in [2.24, 2.45) is 5.92 Å². The lowest BCUT2D eigenvalue weighted by Crippen LogP contribution is -2.10. The summed E-state index contributed by atoms with van der Waals surface area (Å²) in [5, 5.41) is 9.19. The average molecular weight is 318 g/mol. The largest absolute Gasteiger partial charge is 0.505 e. The molecule has 1 aliphatic rings. The van der Waals surface area contributed by atoms with E-state index in [-0.39, 0.29) is 13.0 Å². The van der Waals surface area contributed by atoms with Crippen molar-refractivity contribution in [3.05, 3.63) is 53.6 Å². The van der Waals surface area contributed by atoms with Gasteiger partial charge in [-0.15, -0.1) is 0 Å². The molecular weight excluding hydrogens is 294 g/mol. The molecule has 23 heavy (non-hydrogen) atoms. The standard InChI is InChI=1S/C19H20F2O.CH4/c1-12-2-4-13(5-3-12)14-6-8-15(9-7-14)16-10-11-17(22)19(21)18(16)20;/h6-13,22H,2-5H2,1H3;1H4. The highest BCUT2D eigenvalue weighted by atomic mass is 19.2. The fourth-order valence-corrected chi connectivity index (χ4v) is 3.29. The van der Waals surface area contributed by atoms with Crippen LogP contribution in [0.4, 0.5) is 8.78 Å². The normalized spacial score (nSPS) is 20.8. The molecule has 0 radical (unpaired) electrons. The second kappa shape index (κ2) is 7.12. The van der Waals surface area contributed by atoms with Crippen LogP contribution in [0.3, 0.4) is 0 Å². The summed E-state index contributed by atoms with van der Waals surface area (Å²) in [4.78, 5) is 0. The van der Waals surface area contributed by atoms with Crippen LogP contribution in [0, 0.1) is 17.6 Å². The molecule has 3 heteroatoms. The van der Waals surface area contributed by atoms with Gasteiger partial charge in [0.15, 0.2) is 11.6 Å². The molecule has 0 amide bonds. The molecule has 124 valence electrons. The maximum Gasteiger partial charge on any atom is 0.200 e. The van der Waals surface area contributed by atoms with Crippen LogP contribution in [-0.2, 0) is 0 Å². The molecule has 1 aliphatic carbocycles. The third-order valence-corrected chi connectivity index (χ3v) is 4.77. The first-order valence-electron chi connectivity index (χ1n) is 7.83. The van der Waals surface area contributed by atoms with Crippen molar-refractivity contribution in [3.63, 3.8) is 0 Å². The predicted molar refractivity (Wildman–Crippen MR) is 90.6 cm³/mol. The number of rotatable bonds is 2. The highest BCUT2D eigenvalue weighted by molar-refractivity contribution is 5.65. The Morgan fingerprint density at radius 2 is 1.48 bits per heavy atom. The van der Waals surface area contributed by atoms with E-state index in [2.05, 4.69) is 6.92 Å². The van der Waals surface area contributed by atoms with Crippen LogP contribution in [0.1, 0.15) is 51.5 Å². The van der Waals surface area contributed by atoms with Crippen LogP contribution in [0.25, 0.3) is 11.1 Å². The van der Waals surface area contributed by atoms with Gasteiger partial charge in [-0.3, -0.25) is 0 Å². The zero-order chi connectivity index (χ0) is 15.7. The van der Waals surface area contributed by atoms with E-state index in [1.807, 2.05) is 24.3 Å². The first-order valence-corrected chi connectivity index (χ1v) is 7.83. The van der Waals surface area contributed by atoms with Crippen molar-refractivity contribution in [1.82, 2.24) is 0 Å². The minimum Gasteiger partial charge on any atom is -0.505 e. The van der Waals surface area contributed by atoms with Gasteiger partial charge in [-0.1, -0.05) is 51.5 Å². The summed E-state index contributed by atoms with van der Waals surface area (Å²) in [5.41, 5.74) is 2.08. The summed E-state index contributed by atoms with van der Waals surface area (Å²) in [7, 11) is 0. The van der Waals surface area contributed by atoms with Crippen LogP contribution in [0.15, 0.2) is 36.4 Å². The predicted octanol–water partition coefficient (Wildman–Crippen LogP) is 6.27. The zero-order valence-corrected chi connectivity index (χ0v) is 12.7. The van der Waals surface area contributed by atoms with E-state index in [9.17, 15) is 13.9 Å². The number of phenolic OH excluding ortho intramolecular Hbond substituents is 1. The molecule has 2 aromatic rings. The molecule has 0 heterocycles. The molecule has 3 rings (SSSR count). The molecule has 2 aromatic carbocycles. The molecule has 0 unspecified atom stereocenters. The summed E-state index contributed by atoms with van der Waals surface area (Å²) in [6, 6.07) is 10.3. The Kier molecular flexibility index (Phi) is 5.40.